The summed E-state index contributed by atoms with van der Waals surface area (Å²) in [6.07, 6.45) is -3.50. The molecule has 0 aromatic rings. The molecule has 1 fully saturated rings. The number of carbonyl (C=O) groups excluding carboxylic acids is 1. The molecule has 0 radical (unpaired) electrons. The van der Waals surface area contributed by atoms with Crippen molar-refractivity contribution in [2.24, 2.45) is 5.92 Å². The number of rotatable bonds is 5. The minimum Gasteiger partial charge on any atom is -0.459 e. The molecular weight excluding hydrogens is 266 g/mol. The molecule has 0 spiro atoms. The van der Waals surface area contributed by atoms with Crippen molar-refractivity contribution >= 4 is 5.97 Å². The lowest BCUT2D eigenvalue weighted by molar-refractivity contribution is -0.862. The van der Waals surface area contributed by atoms with E-state index in [-0.39, 0.29) is 25.0 Å². The summed E-state index contributed by atoms with van der Waals surface area (Å²) in [5.74, 6) is -0.684. The number of aliphatic hydroxyl groups is 2. The molecule has 2 N–H and O–H groups in total. The van der Waals surface area contributed by atoms with Crippen molar-refractivity contribution in [2.45, 2.75) is 31.5 Å². The van der Waals surface area contributed by atoms with Gasteiger partial charge >= 0.3 is 5.97 Å². The van der Waals surface area contributed by atoms with Gasteiger partial charge in [0.25, 0.3) is 0 Å². The Morgan fingerprint density at radius 2 is 1.85 bits per heavy atom. The molecule has 5 atom stereocenters. The van der Waals surface area contributed by atoms with Crippen LogP contribution >= 0.6 is 0 Å². The van der Waals surface area contributed by atoms with Gasteiger partial charge in [-0.15, -0.1) is 0 Å². The van der Waals surface area contributed by atoms with Gasteiger partial charge in [-0.3, -0.25) is 0 Å². The van der Waals surface area contributed by atoms with Crippen LogP contribution in [0.15, 0.2) is 0 Å². The van der Waals surface area contributed by atoms with E-state index >= 15 is 0 Å². The van der Waals surface area contributed by atoms with Crippen molar-refractivity contribution in [2.75, 3.05) is 41.4 Å². The van der Waals surface area contributed by atoms with E-state index in [0.717, 1.165) is 0 Å². The van der Waals surface area contributed by atoms with Crippen molar-refractivity contribution in [3.63, 3.8) is 0 Å². The predicted octanol–water partition coefficient (Wildman–Crippen LogP) is -1.03. The molecule has 20 heavy (non-hydrogen) atoms. The SMILES string of the molecule is COC1OC(COC(=O)C[N+](C)(C)C)C(C)C(O)C1O. The number of esters is 1. The van der Waals surface area contributed by atoms with Crippen molar-refractivity contribution < 1.29 is 33.7 Å². The maximum absolute atomic E-state index is 11.7. The van der Waals surface area contributed by atoms with E-state index in [1.165, 1.54) is 7.11 Å². The highest BCUT2D eigenvalue weighted by atomic mass is 16.7. The van der Waals surface area contributed by atoms with E-state index in [1.54, 1.807) is 6.92 Å². The van der Waals surface area contributed by atoms with Crippen LogP contribution in [0.5, 0.6) is 0 Å². The van der Waals surface area contributed by atoms with Crippen LogP contribution in [0.1, 0.15) is 6.92 Å². The molecule has 1 rings (SSSR count). The lowest BCUT2D eigenvalue weighted by Gasteiger charge is -2.40. The van der Waals surface area contributed by atoms with Crippen LogP contribution in [0.4, 0.5) is 0 Å². The molecule has 1 saturated heterocycles. The first-order valence-electron chi connectivity index (χ1n) is 6.66. The Labute approximate surface area is 119 Å². The van der Waals surface area contributed by atoms with Gasteiger partial charge in [-0.05, 0) is 0 Å². The zero-order valence-corrected chi connectivity index (χ0v) is 12.8. The Balaban J connectivity index is 2.52. The Kier molecular flexibility index (Phi) is 5.91. The quantitative estimate of drug-likeness (QED) is 0.497. The predicted molar refractivity (Wildman–Crippen MR) is 70.7 cm³/mol. The van der Waals surface area contributed by atoms with Gasteiger partial charge in [-0.2, -0.15) is 0 Å². The number of carbonyl (C=O) groups is 1. The van der Waals surface area contributed by atoms with Crippen LogP contribution in [0, 0.1) is 5.92 Å². The van der Waals surface area contributed by atoms with Crippen molar-refractivity contribution in [1.29, 1.82) is 0 Å². The fraction of sp³-hybridized carbons (Fsp3) is 0.923. The molecule has 1 aliphatic rings. The monoisotopic (exact) mass is 292 g/mol. The van der Waals surface area contributed by atoms with Gasteiger partial charge in [-0.25, -0.2) is 4.79 Å². The second-order valence-corrected chi connectivity index (χ2v) is 6.25. The molecule has 1 heterocycles. The minimum absolute atomic E-state index is 0.0314. The van der Waals surface area contributed by atoms with Crippen LogP contribution in [-0.2, 0) is 19.0 Å². The summed E-state index contributed by atoms with van der Waals surface area (Å²) in [7, 11) is 7.06. The van der Waals surface area contributed by atoms with Crippen molar-refractivity contribution in [1.82, 2.24) is 0 Å². The molecule has 0 aromatic carbocycles. The molecule has 0 aromatic heterocycles. The lowest BCUT2D eigenvalue weighted by atomic mass is 9.91. The van der Waals surface area contributed by atoms with Gasteiger partial charge in [0.2, 0.25) is 0 Å². The number of hydrogen-bond acceptors (Lipinski definition) is 6. The van der Waals surface area contributed by atoms with Crippen LogP contribution in [0.3, 0.4) is 0 Å². The molecule has 0 aliphatic carbocycles. The van der Waals surface area contributed by atoms with Gasteiger partial charge in [0.05, 0.1) is 33.4 Å². The summed E-state index contributed by atoms with van der Waals surface area (Å²) >= 11 is 0. The molecule has 7 nitrogen and oxygen atoms in total. The Hall–Kier alpha value is -0.730. The zero-order chi connectivity index (χ0) is 15.5. The van der Waals surface area contributed by atoms with E-state index in [9.17, 15) is 15.0 Å². The summed E-state index contributed by atoms with van der Waals surface area (Å²) in [6.45, 7) is 2.02. The topological polar surface area (TPSA) is 85.2 Å². The van der Waals surface area contributed by atoms with Crippen LogP contribution in [0.2, 0.25) is 0 Å². The number of quaternary nitrogens is 1. The van der Waals surface area contributed by atoms with Gasteiger partial charge in [0.15, 0.2) is 12.8 Å². The third kappa shape index (κ3) is 4.68. The average molecular weight is 292 g/mol. The molecule has 0 amide bonds. The molecule has 5 unspecified atom stereocenters. The van der Waals surface area contributed by atoms with E-state index in [1.807, 2.05) is 21.1 Å². The normalized spacial score (nSPS) is 34.9. The Morgan fingerprint density at radius 3 is 2.35 bits per heavy atom. The van der Waals surface area contributed by atoms with Crippen LogP contribution < -0.4 is 0 Å². The highest BCUT2D eigenvalue weighted by Gasteiger charge is 2.42. The maximum atomic E-state index is 11.7. The van der Waals surface area contributed by atoms with Gasteiger partial charge in [0.1, 0.15) is 12.7 Å². The van der Waals surface area contributed by atoms with Gasteiger partial charge < -0.3 is 28.9 Å². The molecule has 7 heteroatoms. The van der Waals surface area contributed by atoms with Gasteiger partial charge in [0, 0.05) is 13.0 Å². The molecule has 118 valence electrons. The zero-order valence-electron chi connectivity index (χ0n) is 12.8. The standard InChI is InChI=1S/C13H26NO6/c1-8-9(7-19-10(15)6-14(2,3)4)20-13(18-5)12(17)11(8)16/h8-9,11-13,16-17H,6-7H2,1-5H3/q+1. The number of aliphatic hydroxyl groups excluding tert-OH is 2. The van der Waals surface area contributed by atoms with Crippen molar-refractivity contribution in [3.8, 4) is 0 Å². The van der Waals surface area contributed by atoms with E-state index in [2.05, 4.69) is 0 Å². The fourth-order valence-electron chi connectivity index (χ4n) is 2.06. The Bertz CT molecular complexity index is 327. The Morgan fingerprint density at radius 1 is 1.25 bits per heavy atom. The first-order chi connectivity index (χ1) is 9.15. The van der Waals surface area contributed by atoms with Crippen molar-refractivity contribution in [3.05, 3.63) is 0 Å². The molecule has 1 aliphatic heterocycles. The number of methoxy groups -OCH3 is 1. The van der Waals surface area contributed by atoms with Crippen LogP contribution in [0.25, 0.3) is 0 Å². The van der Waals surface area contributed by atoms with E-state index in [0.29, 0.717) is 4.48 Å². The average Bonchev–Trinajstić information content (AvgIpc) is 2.33. The largest absolute Gasteiger partial charge is 0.459 e. The maximum Gasteiger partial charge on any atom is 0.361 e. The number of ether oxygens (including phenoxy) is 3. The number of hydrogen-bond donors (Lipinski definition) is 2. The second-order valence-electron chi connectivity index (χ2n) is 6.25. The summed E-state index contributed by atoms with van der Waals surface area (Å²) in [5, 5.41) is 19.7. The molecular formula is C13H26NO6+. The molecule has 0 bridgehead atoms. The summed E-state index contributed by atoms with van der Waals surface area (Å²) < 4.78 is 16.1. The third-order valence-corrected chi connectivity index (χ3v) is 3.31. The first-order valence-corrected chi connectivity index (χ1v) is 6.66. The van der Waals surface area contributed by atoms with Crippen LogP contribution in [-0.4, -0.2) is 86.7 Å². The van der Waals surface area contributed by atoms with Gasteiger partial charge in [-0.1, -0.05) is 6.92 Å². The minimum atomic E-state index is -1.10. The number of nitrogens with zero attached hydrogens (tertiary/aromatic N) is 1. The summed E-state index contributed by atoms with van der Waals surface area (Å²) in [5.41, 5.74) is 0. The van der Waals surface area contributed by atoms with E-state index in [4.69, 9.17) is 14.2 Å². The fourth-order valence-corrected chi connectivity index (χ4v) is 2.06. The number of likely N-dealkylation sites (N-methyl/N-ethyl adjacent to an activating group) is 1. The smallest absolute Gasteiger partial charge is 0.361 e. The van der Waals surface area contributed by atoms with E-state index < -0.39 is 24.6 Å². The first kappa shape index (κ1) is 17.3. The summed E-state index contributed by atoms with van der Waals surface area (Å²) in [4.78, 5) is 11.7. The highest BCUT2D eigenvalue weighted by Crippen LogP contribution is 2.26. The lowest BCUT2D eigenvalue weighted by Crippen LogP contribution is -2.55. The summed E-state index contributed by atoms with van der Waals surface area (Å²) in [6, 6.07) is 0. The second kappa shape index (κ2) is 6.82. The molecule has 0 saturated carbocycles. The third-order valence-electron chi connectivity index (χ3n) is 3.31. The highest BCUT2D eigenvalue weighted by molar-refractivity contribution is 5.70.